The Morgan fingerprint density at radius 1 is 1.10 bits per heavy atom. The first-order valence-electron chi connectivity index (χ1n) is 10.6. The Labute approximate surface area is 203 Å². The van der Waals surface area contributed by atoms with E-state index in [0.29, 0.717) is 0 Å². The fourth-order valence-electron chi connectivity index (χ4n) is 3.48. The van der Waals surface area contributed by atoms with Gasteiger partial charge in [0.2, 0.25) is 0 Å². The average Bonchev–Trinajstić information content (AvgIpc) is 2.79. The summed E-state index contributed by atoms with van der Waals surface area (Å²) in [6.07, 6.45) is 2.88. The number of rotatable bonds is 8. The van der Waals surface area contributed by atoms with E-state index in [1.165, 1.54) is 5.56 Å². The SMILES string of the molecule is CN=C(NCc1ccc(OCCCN(C)C)cc1)N1CCN(c2ccccn2)CC1.I. The van der Waals surface area contributed by atoms with Crippen LogP contribution in [0.15, 0.2) is 53.7 Å². The molecule has 1 aromatic heterocycles. The molecular formula is C23H35IN6O. The molecule has 7 nitrogen and oxygen atoms in total. The van der Waals surface area contributed by atoms with Gasteiger partial charge in [0.1, 0.15) is 11.6 Å². The molecule has 3 rings (SSSR count). The van der Waals surface area contributed by atoms with Crippen LogP contribution in [-0.2, 0) is 6.54 Å². The zero-order valence-electron chi connectivity index (χ0n) is 18.8. The number of benzene rings is 1. The molecule has 1 saturated heterocycles. The fraction of sp³-hybridized carbons (Fsp3) is 0.478. The summed E-state index contributed by atoms with van der Waals surface area (Å²) in [5.74, 6) is 2.91. The standard InChI is InChI=1S/C23H34N6O.HI/c1-24-23(29-16-14-28(15-17-29)22-7-4-5-12-25-22)26-19-20-8-10-21(11-9-20)30-18-6-13-27(2)3;/h4-5,7-12H,6,13-19H2,1-3H3,(H,24,26);1H. The van der Waals surface area contributed by atoms with E-state index < -0.39 is 0 Å². The van der Waals surface area contributed by atoms with E-state index in [1.807, 2.05) is 37.5 Å². The maximum Gasteiger partial charge on any atom is 0.194 e. The number of anilines is 1. The van der Waals surface area contributed by atoms with Crippen LogP contribution in [-0.4, -0.2) is 81.2 Å². The van der Waals surface area contributed by atoms with E-state index in [1.54, 1.807) is 0 Å². The molecule has 0 unspecified atom stereocenters. The van der Waals surface area contributed by atoms with Crippen LogP contribution in [0.3, 0.4) is 0 Å². The van der Waals surface area contributed by atoms with Gasteiger partial charge in [-0.05, 0) is 50.3 Å². The van der Waals surface area contributed by atoms with Crippen LogP contribution in [0.4, 0.5) is 5.82 Å². The van der Waals surface area contributed by atoms with Gasteiger partial charge in [-0.2, -0.15) is 0 Å². The summed E-state index contributed by atoms with van der Waals surface area (Å²) >= 11 is 0. The molecule has 1 N–H and O–H groups in total. The lowest BCUT2D eigenvalue weighted by Gasteiger charge is -2.37. The normalized spacial score (nSPS) is 14.4. The molecule has 2 aromatic rings. The summed E-state index contributed by atoms with van der Waals surface area (Å²) < 4.78 is 5.81. The Balaban J connectivity index is 0.00000341. The molecule has 0 aliphatic carbocycles. The second kappa shape index (κ2) is 13.4. The van der Waals surface area contributed by atoms with Crippen molar-refractivity contribution in [3.05, 3.63) is 54.2 Å². The van der Waals surface area contributed by atoms with E-state index in [0.717, 1.165) is 69.8 Å². The van der Waals surface area contributed by atoms with Gasteiger partial charge in [0, 0.05) is 52.5 Å². The zero-order valence-corrected chi connectivity index (χ0v) is 21.2. The Kier molecular flexibility index (Phi) is 10.9. The highest BCUT2D eigenvalue weighted by Gasteiger charge is 2.20. The van der Waals surface area contributed by atoms with Crippen LogP contribution in [0, 0.1) is 0 Å². The Hall–Kier alpha value is -2.07. The third-order valence-corrected chi connectivity index (χ3v) is 5.16. The van der Waals surface area contributed by atoms with E-state index in [4.69, 9.17) is 4.74 Å². The van der Waals surface area contributed by atoms with Crippen LogP contribution in [0.5, 0.6) is 5.75 Å². The third kappa shape index (κ3) is 8.17. The Bertz CT molecular complexity index is 776. The van der Waals surface area contributed by atoms with E-state index in [2.05, 4.69) is 62.3 Å². The van der Waals surface area contributed by atoms with Crippen LogP contribution in [0.2, 0.25) is 0 Å². The third-order valence-electron chi connectivity index (χ3n) is 5.16. The fourth-order valence-corrected chi connectivity index (χ4v) is 3.48. The van der Waals surface area contributed by atoms with E-state index in [-0.39, 0.29) is 24.0 Å². The number of hydrogen-bond donors (Lipinski definition) is 1. The minimum atomic E-state index is 0. The predicted octanol–water partition coefficient (Wildman–Crippen LogP) is 2.93. The molecule has 0 atom stereocenters. The van der Waals surface area contributed by atoms with Crippen molar-refractivity contribution in [3.63, 3.8) is 0 Å². The van der Waals surface area contributed by atoms with Crippen molar-refractivity contribution >= 4 is 35.8 Å². The Morgan fingerprint density at radius 3 is 2.45 bits per heavy atom. The van der Waals surface area contributed by atoms with Crippen molar-refractivity contribution in [2.45, 2.75) is 13.0 Å². The minimum Gasteiger partial charge on any atom is -0.494 e. The number of halogens is 1. The van der Waals surface area contributed by atoms with Gasteiger partial charge < -0.3 is 24.8 Å². The summed E-state index contributed by atoms with van der Waals surface area (Å²) in [5, 5.41) is 3.49. The summed E-state index contributed by atoms with van der Waals surface area (Å²) in [6.45, 7) is 6.26. The highest BCUT2D eigenvalue weighted by atomic mass is 127. The zero-order chi connectivity index (χ0) is 21.2. The summed E-state index contributed by atoms with van der Waals surface area (Å²) in [6, 6.07) is 14.4. The second-order valence-electron chi connectivity index (χ2n) is 7.71. The quantitative estimate of drug-likeness (QED) is 0.242. The van der Waals surface area contributed by atoms with Crippen molar-refractivity contribution in [1.82, 2.24) is 20.1 Å². The van der Waals surface area contributed by atoms with Gasteiger partial charge in [0.05, 0.1) is 6.61 Å². The molecule has 0 bridgehead atoms. The summed E-state index contributed by atoms with van der Waals surface area (Å²) in [5.41, 5.74) is 1.21. The molecule has 0 spiro atoms. The molecule has 1 aliphatic rings. The molecule has 170 valence electrons. The minimum absolute atomic E-state index is 0. The van der Waals surface area contributed by atoms with Gasteiger partial charge in [0.25, 0.3) is 0 Å². The van der Waals surface area contributed by atoms with Crippen molar-refractivity contribution in [3.8, 4) is 5.75 Å². The van der Waals surface area contributed by atoms with Crippen LogP contribution < -0.4 is 15.0 Å². The van der Waals surface area contributed by atoms with Crippen LogP contribution in [0.1, 0.15) is 12.0 Å². The number of aromatic nitrogens is 1. The molecule has 8 heteroatoms. The first-order chi connectivity index (χ1) is 14.7. The van der Waals surface area contributed by atoms with Gasteiger partial charge in [-0.25, -0.2) is 4.98 Å². The first kappa shape index (κ1) is 25.2. The average molecular weight is 538 g/mol. The highest BCUT2D eigenvalue weighted by molar-refractivity contribution is 14.0. The highest BCUT2D eigenvalue weighted by Crippen LogP contribution is 2.14. The van der Waals surface area contributed by atoms with E-state index >= 15 is 0 Å². The first-order valence-corrected chi connectivity index (χ1v) is 10.6. The molecule has 2 heterocycles. The van der Waals surface area contributed by atoms with Crippen LogP contribution >= 0.6 is 24.0 Å². The molecule has 1 fully saturated rings. The van der Waals surface area contributed by atoms with Crippen molar-refractivity contribution < 1.29 is 4.74 Å². The molecule has 0 radical (unpaired) electrons. The van der Waals surface area contributed by atoms with Gasteiger partial charge in [-0.3, -0.25) is 4.99 Å². The number of piperazine rings is 1. The van der Waals surface area contributed by atoms with Crippen molar-refractivity contribution in [2.75, 3.05) is 65.4 Å². The summed E-state index contributed by atoms with van der Waals surface area (Å²) in [7, 11) is 6.00. The lowest BCUT2D eigenvalue weighted by atomic mass is 10.2. The molecule has 1 aromatic carbocycles. The lowest BCUT2D eigenvalue weighted by Crippen LogP contribution is -2.52. The predicted molar refractivity (Wildman–Crippen MR) is 139 cm³/mol. The maximum atomic E-state index is 5.81. The number of aliphatic imine (C=N–C) groups is 1. The van der Waals surface area contributed by atoms with Crippen molar-refractivity contribution in [2.24, 2.45) is 4.99 Å². The topological polar surface area (TPSA) is 56.2 Å². The van der Waals surface area contributed by atoms with E-state index in [9.17, 15) is 0 Å². The number of pyridine rings is 1. The van der Waals surface area contributed by atoms with Gasteiger partial charge in [0.15, 0.2) is 5.96 Å². The number of nitrogens with zero attached hydrogens (tertiary/aromatic N) is 5. The lowest BCUT2D eigenvalue weighted by molar-refractivity contribution is 0.281. The summed E-state index contributed by atoms with van der Waals surface area (Å²) in [4.78, 5) is 15.7. The second-order valence-corrected chi connectivity index (χ2v) is 7.71. The van der Waals surface area contributed by atoms with Gasteiger partial charge in [-0.1, -0.05) is 18.2 Å². The molecule has 1 aliphatic heterocycles. The van der Waals surface area contributed by atoms with Crippen molar-refractivity contribution in [1.29, 1.82) is 0 Å². The maximum absolute atomic E-state index is 5.81. The molecular weight excluding hydrogens is 503 g/mol. The van der Waals surface area contributed by atoms with Gasteiger partial charge >= 0.3 is 0 Å². The number of ether oxygens (including phenoxy) is 1. The molecule has 31 heavy (non-hydrogen) atoms. The smallest absolute Gasteiger partial charge is 0.194 e. The van der Waals surface area contributed by atoms with Gasteiger partial charge in [-0.15, -0.1) is 24.0 Å². The molecule has 0 saturated carbocycles. The monoisotopic (exact) mass is 538 g/mol. The number of guanidine groups is 1. The number of hydrogen-bond acceptors (Lipinski definition) is 5. The molecule has 0 amide bonds. The Morgan fingerprint density at radius 2 is 1.84 bits per heavy atom. The number of nitrogens with one attached hydrogen (secondary N) is 1. The van der Waals surface area contributed by atoms with Crippen LogP contribution in [0.25, 0.3) is 0 Å². The largest absolute Gasteiger partial charge is 0.494 e.